The van der Waals surface area contributed by atoms with Crippen molar-refractivity contribution in [2.75, 3.05) is 6.54 Å². The van der Waals surface area contributed by atoms with Crippen LogP contribution < -0.4 is 5.32 Å². The number of nitro benzene ring substituents is 1. The quantitative estimate of drug-likeness (QED) is 0.684. The lowest BCUT2D eigenvalue weighted by Crippen LogP contribution is -2.22. The molecule has 2 rings (SSSR count). The van der Waals surface area contributed by atoms with Crippen LogP contribution >= 0.6 is 15.9 Å². The molecule has 0 aliphatic heterocycles. The average molecular weight is 339 g/mol. The second kappa shape index (κ2) is 5.83. The summed E-state index contributed by atoms with van der Waals surface area (Å²) in [4.78, 5) is 22.3. The summed E-state index contributed by atoms with van der Waals surface area (Å²) >= 11 is 3.23. The third-order valence-corrected chi connectivity index (χ3v) is 2.98. The van der Waals surface area contributed by atoms with E-state index in [9.17, 15) is 14.9 Å². The molecule has 0 aliphatic rings. The number of hydrogen-bond donors (Lipinski definition) is 1. The van der Waals surface area contributed by atoms with E-state index in [1.165, 1.54) is 29.1 Å². The molecule has 0 saturated carbocycles. The molecule has 104 valence electrons. The Morgan fingerprint density at radius 2 is 2.30 bits per heavy atom. The minimum absolute atomic E-state index is 0.117. The molecule has 7 nitrogen and oxygen atoms in total. The highest BCUT2D eigenvalue weighted by Crippen LogP contribution is 2.24. The number of nitro groups is 1. The van der Waals surface area contributed by atoms with Gasteiger partial charge in [0.2, 0.25) is 0 Å². The molecule has 1 heterocycles. The van der Waals surface area contributed by atoms with E-state index in [1.807, 2.05) is 0 Å². The normalized spacial score (nSPS) is 10.3. The Hall–Kier alpha value is -2.22. The summed E-state index contributed by atoms with van der Waals surface area (Å²) in [7, 11) is 0. The number of hydrogen-bond acceptors (Lipinski definition) is 4. The zero-order valence-electron chi connectivity index (χ0n) is 10.5. The molecule has 20 heavy (non-hydrogen) atoms. The minimum atomic E-state index is -0.508. The van der Waals surface area contributed by atoms with Crippen molar-refractivity contribution in [3.63, 3.8) is 0 Å². The summed E-state index contributed by atoms with van der Waals surface area (Å²) in [6.07, 6.45) is 3.10. The summed E-state index contributed by atoms with van der Waals surface area (Å²) in [5, 5.41) is 17.7. The van der Waals surface area contributed by atoms with Gasteiger partial charge in [-0.3, -0.25) is 14.9 Å². The second-order valence-corrected chi connectivity index (χ2v) is 4.84. The van der Waals surface area contributed by atoms with Crippen molar-refractivity contribution in [2.45, 2.75) is 6.92 Å². The molecule has 0 bridgehead atoms. The molecule has 1 aromatic carbocycles. The van der Waals surface area contributed by atoms with Gasteiger partial charge < -0.3 is 5.32 Å². The molecule has 0 fully saturated rings. The molecule has 1 aromatic heterocycles. The SMILES string of the molecule is CCNC(=O)c1ccc([N+](=O)[O-])c(-n2cc(Br)cn2)c1. The Morgan fingerprint density at radius 3 is 2.85 bits per heavy atom. The lowest BCUT2D eigenvalue weighted by molar-refractivity contribution is -0.384. The standard InChI is InChI=1S/C12H11BrN4O3/c1-2-14-12(18)8-3-4-10(17(19)20)11(5-8)16-7-9(13)6-15-16/h3-7H,2H2,1H3,(H,14,18). The van der Waals surface area contributed by atoms with Crippen LogP contribution in [0.1, 0.15) is 17.3 Å². The first-order chi connectivity index (χ1) is 9.52. The Bertz CT molecular complexity index is 668. The van der Waals surface area contributed by atoms with Crippen LogP contribution in [-0.2, 0) is 0 Å². The molecule has 2 aromatic rings. The van der Waals surface area contributed by atoms with Crippen molar-refractivity contribution >= 4 is 27.5 Å². The Kier molecular flexibility index (Phi) is 4.14. The Labute approximate surface area is 122 Å². The predicted octanol–water partition coefficient (Wildman–Crippen LogP) is 2.29. The topological polar surface area (TPSA) is 90.1 Å². The Morgan fingerprint density at radius 1 is 1.55 bits per heavy atom. The number of amides is 1. The number of rotatable bonds is 4. The third-order valence-electron chi connectivity index (χ3n) is 2.57. The summed E-state index contributed by atoms with van der Waals surface area (Å²) in [6, 6.07) is 4.17. The number of nitrogens with one attached hydrogen (secondary N) is 1. The summed E-state index contributed by atoms with van der Waals surface area (Å²) < 4.78 is 2.04. The van der Waals surface area contributed by atoms with Gasteiger partial charge in [-0.25, -0.2) is 4.68 Å². The fourth-order valence-electron chi connectivity index (χ4n) is 1.70. The number of nitrogens with zero attached hydrogens (tertiary/aromatic N) is 3. The molecule has 1 amide bonds. The smallest absolute Gasteiger partial charge is 0.294 e. The molecule has 0 radical (unpaired) electrons. The van der Waals surface area contributed by atoms with Crippen molar-refractivity contribution < 1.29 is 9.72 Å². The van der Waals surface area contributed by atoms with Crippen molar-refractivity contribution in [1.82, 2.24) is 15.1 Å². The minimum Gasteiger partial charge on any atom is -0.352 e. The molecule has 0 spiro atoms. The van der Waals surface area contributed by atoms with Crippen molar-refractivity contribution in [3.8, 4) is 5.69 Å². The maximum absolute atomic E-state index is 11.8. The van der Waals surface area contributed by atoms with Gasteiger partial charge in [-0.1, -0.05) is 0 Å². The first-order valence-corrected chi connectivity index (χ1v) is 6.59. The number of benzene rings is 1. The predicted molar refractivity (Wildman–Crippen MR) is 75.9 cm³/mol. The van der Waals surface area contributed by atoms with E-state index in [1.54, 1.807) is 13.1 Å². The summed E-state index contributed by atoms with van der Waals surface area (Å²) in [5.74, 6) is -0.283. The number of halogens is 1. The average Bonchev–Trinajstić information content (AvgIpc) is 2.85. The van der Waals surface area contributed by atoms with Crippen molar-refractivity contribution in [3.05, 3.63) is 50.7 Å². The van der Waals surface area contributed by atoms with Crippen LogP contribution in [0.3, 0.4) is 0 Å². The fraction of sp³-hybridized carbons (Fsp3) is 0.167. The monoisotopic (exact) mass is 338 g/mol. The molecule has 8 heteroatoms. The van der Waals surface area contributed by atoms with Gasteiger partial charge >= 0.3 is 0 Å². The second-order valence-electron chi connectivity index (χ2n) is 3.92. The molecule has 0 saturated heterocycles. The van der Waals surface area contributed by atoms with Gasteiger partial charge in [0.05, 0.1) is 15.6 Å². The van der Waals surface area contributed by atoms with E-state index in [0.717, 1.165) is 0 Å². The first-order valence-electron chi connectivity index (χ1n) is 5.80. The zero-order valence-corrected chi connectivity index (χ0v) is 12.1. The lowest BCUT2D eigenvalue weighted by Gasteiger charge is -2.06. The van der Waals surface area contributed by atoms with Crippen LogP contribution in [0.5, 0.6) is 0 Å². The maximum atomic E-state index is 11.8. The van der Waals surface area contributed by atoms with E-state index in [4.69, 9.17) is 0 Å². The van der Waals surface area contributed by atoms with Crippen molar-refractivity contribution in [1.29, 1.82) is 0 Å². The van der Waals surface area contributed by atoms with Crippen molar-refractivity contribution in [2.24, 2.45) is 0 Å². The van der Waals surface area contributed by atoms with Gasteiger partial charge in [-0.15, -0.1) is 0 Å². The first kappa shape index (κ1) is 14.2. The van der Waals surface area contributed by atoms with E-state index in [-0.39, 0.29) is 17.3 Å². The molecule has 1 N–H and O–H groups in total. The highest BCUT2D eigenvalue weighted by molar-refractivity contribution is 9.10. The fourth-order valence-corrected chi connectivity index (χ4v) is 1.98. The van der Waals surface area contributed by atoms with E-state index >= 15 is 0 Å². The van der Waals surface area contributed by atoms with Crippen LogP contribution in [0.4, 0.5) is 5.69 Å². The highest BCUT2D eigenvalue weighted by Gasteiger charge is 2.18. The maximum Gasteiger partial charge on any atom is 0.294 e. The van der Waals surface area contributed by atoms with E-state index < -0.39 is 4.92 Å². The van der Waals surface area contributed by atoms with Gasteiger partial charge in [0, 0.05) is 24.4 Å². The number of carbonyl (C=O) groups excluding carboxylic acids is 1. The van der Waals surface area contributed by atoms with E-state index in [2.05, 4.69) is 26.3 Å². The van der Waals surface area contributed by atoms with Crippen LogP contribution in [-0.4, -0.2) is 27.2 Å². The number of aromatic nitrogens is 2. The van der Waals surface area contributed by atoms with Crippen LogP contribution in [0.15, 0.2) is 35.1 Å². The number of carbonyl (C=O) groups is 1. The molecular weight excluding hydrogens is 328 g/mol. The lowest BCUT2D eigenvalue weighted by atomic mass is 10.1. The molecular formula is C12H11BrN4O3. The zero-order chi connectivity index (χ0) is 14.7. The van der Waals surface area contributed by atoms with Gasteiger partial charge in [0.15, 0.2) is 0 Å². The molecule has 0 aliphatic carbocycles. The van der Waals surface area contributed by atoms with Gasteiger partial charge in [-0.05, 0) is 35.0 Å². The Balaban J connectivity index is 2.53. The largest absolute Gasteiger partial charge is 0.352 e. The van der Waals surface area contributed by atoms with E-state index in [0.29, 0.717) is 16.6 Å². The van der Waals surface area contributed by atoms with Crippen LogP contribution in [0.2, 0.25) is 0 Å². The summed E-state index contributed by atoms with van der Waals surface area (Å²) in [5.41, 5.74) is 0.470. The van der Waals surface area contributed by atoms with Gasteiger partial charge in [0.25, 0.3) is 11.6 Å². The summed E-state index contributed by atoms with van der Waals surface area (Å²) in [6.45, 7) is 2.29. The van der Waals surface area contributed by atoms with Crippen LogP contribution in [0, 0.1) is 10.1 Å². The van der Waals surface area contributed by atoms with Crippen LogP contribution in [0.25, 0.3) is 5.69 Å². The third kappa shape index (κ3) is 2.85. The molecule has 0 atom stereocenters. The van der Waals surface area contributed by atoms with Gasteiger partial charge in [0.1, 0.15) is 5.69 Å². The van der Waals surface area contributed by atoms with Gasteiger partial charge in [-0.2, -0.15) is 5.10 Å². The molecule has 0 unspecified atom stereocenters. The highest BCUT2D eigenvalue weighted by atomic mass is 79.9.